The second-order valence-electron chi connectivity index (χ2n) is 6.24. The van der Waals surface area contributed by atoms with Crippen LogP contribution < -0.4 is 10.1 Å². The maximum absolute atomic E-state index is 12.2. The molecule has 1 aliphatic heterocycles. The van der Waals surface area contributed by atoms with Gasteiger partial charge >= 0.3 is 6.61 Å². The van der Waals surface area contributed by atoms with E-state index < -0.39 is 6.61 Å². The van der Waals surface area contributed by atoms with E-state index in [1.807, 2.05) is 0 Å². The van der Waals surface area contributed by atoms with Crippen LogP contribution in [0.2, 0.25) is 0 Å². The maximum Gasteiger partial charge on any atom is 0.387 e. The Hall–Kier alpha value is -2.48. The molecule has 0 radical (unpaired) electrons. The van der Waals surface area contributed by atoms with Gasteiger partial charge in [-0.15, -0.1) is 0 Å². The lowest BCUT2D eigenvalue weighted by atomic mass is 10.2. The van der Waals surface area contributed by atoms with Gasteiger partial charge in [-0.2, -0.15) is 8.78 Å². The lowest BCUT2D eigenvalue weighted by Crippen LogP contribution is -2.22. The Labute approximate surface area is 150 Å². The summed E-state index contributed by atoms with van der Waals surface area (Å²) in [6.45, 7) is 0.358. The van der Waals surface area contributed by atoms with Crippen molar-refractivity contribution in [3.63, 3.8) is 0 Å². The average Bonchev–Trinajstić information content (AvgIpc) is 3.27. The number of H-pyrrole nitrogens is 1. The number of carbonyl (C=O) groups is 1. The summed E-state index contributed by atoms with van der Waals surface area (Å²) in [4.78, 5) is 21.6. The van der Waals surface area contributed by atoms with Crippen molar-refractivity contribution < 1.29 is 18.3 Å². The highest BCUT2D eigenvalue weighted by Crippen LogP contribution is 2.22. The van der Waals surface area contributed by atoms with Crippen LogP contribution in [0.3, 0.4) is 0 Å². The Morgan fingerprint density at radius 2 is 2.00 bits per heavy atom. The second-order valence-corrected chi connectivity index (χ2v) is 6.24. The van der Waals surface area contributed by atoms with Gasteiger partial charge in [-0.1, -0.05) is 0 Å². The van der Waals surface area contributed by atoms with Gasteiger partial charge in [0.15, 0.2) is 0 Å². The Morgan fingerprint density at radius 1 is 1.27 bits per heavy atom. The molecular weight excluding hydrogens is 342 g/mol. The third-order valence-electron chi connectivity index (χ3n) is 4.29. The molecule has 1 fully saturated rings. The second kappa shape index (κ2) is 8.75. The minimum absolute atomic E-state index is 0.0780. The molecule has 1 aromatic heterocycles. The van der Waals surface area contributed by atoms with Crippen LogP contribution in [0.25, 0.3) is 11.3 Å². The maximum atomic E-state index is 12.2. The highest BCUT2D eigenvalue weighted by molar-refractivity contribution is 5.89. The molecule has 0 unspecified atom stereocenters. The predicted octanol–water partition coefficient (Wildman–Crippen LogP) is 3.49. The number of hydrogen-bond acceptors (Lipinski definition) is 4. The van der Waals surface area contributed by atoms with E-state index in [0.29, 0.717) is 18.1 Å². The van der Waals surface area contributed by atoms with Crippen molar-refractivity contribution in [3.05, 3.63) is 30.5 Å². The summed E-state index contributed by atoms with van der Waals surface area (Å²) >= 11 is 0. The number of hydrogen-bond donors (Lipinski definition) is 2. The minimum Gasteiger partial charge on any atom is -0.435 e. The third kappa shape index (κ3) is 5.26. The van der Waals surface area contributed by atoms with Crippen molar-refractivity contribution in [2.24, 2.45) is 0 Å². The number of alkyl halides is 2. The van der Waals surface area contributed by atoms with Crippen molar-refractivity contribution in [3.8, 4) is 17.0 Å². The zero-order chi connectivity index (χ0) is 18.4. The highest BCUT2D eigenvalue weighted by atomic mass is 19.3. The van der Waals surface area contributed by atoms with Gasteiger partial charge in [-0.05, 0) is 63.2 Å². The topological polar surface area (TPSA) is 70.2 Å². The number of anilines is 1. The molecule has 2 N–H and O–H groups in total. The molecule has 0 spiro atoms. The lowest BCUT2D eigenvalue weighted by Gasteiger charge is -2.13. The molecule has 6 nitrogen and oxygen atoms in total. The van der Waals surface area contributed by atoms with Crippen molar-refractivity contribution in [2.75, 3.05) is 25.0 Å². The molecule has 1 saturated heterocycles. The summed E-state index contributed by atoms with van der Waals surface area (Å²) in [5, 5.41) is 2.75. The number of nitrogens with one attached hydrogen (secondary N) is 2. The summed E-state index contributed by atoms with van der Waals surface area (Å²) in [7, 11) is 0. The van der Waals surface area contributed by atoms with E-state index in [9.17, 15) is 13.6 Å². The van der Waals surface area contributed by atoms with Crippen LogP contribution in [0.1, 0.15) is 25.7 Å². The van der Waals surface area contributed by atoms with Crippen LogP contribution >= 0.6 is 0 Å². The van der Waals surface area contributed by atoms with Crippen LogP contribution in [-0.4, -0.2) is 47.0 Å². The van der Waals surface area contributed by atoms with Crippen LogP contribution in [0.4, 0.5) is 14.7 Å². The molecule has 0 aliphatic carbocycles. The summed E-state index contributed by atoms with van der Waals surface area (Å²) < 4.78 is 28.6. The summed E-state index contributed by atoms with van der Waals surface area (Å²) in [6.07, 6.45) is 5.42. The van der Waals surface area contributed by atoms with Crippen molar-refractivity contribution in [2.45, 2.75) is 32.3 Å². The van der Waals surface area contributed by atoms with Gasteiger partial charge < -0.3 is 14.6 Å². The fraction of sp³-hybridized carbons (Fsp3) is 0.444. The molecule has 2 aromatic rings. The van der Waals surface area contributed by atoms with E-state index >= 15 is 0 Å². The fourth-order valence-electron chi connectivity index (χ4n) is 3.00. The number of imidazole rings is 1. The van der Waals surface area contributed by atoms with Gasteiger partial charge in [0.05, 0.1) is 5.69 Å². The zero-order valence-electron chi connectivity index (χ0n) is 14.4. The van der Waals surface area contributed by atoms with Crippen LogP contribution in [-0.2, 0) is 4.79 Å². The first kappa shape index (κ1) is 18.3. The fourth-order valence-corrected chi connectivity index (χ4v) is 3.00. The van der Waals surface area contributed by atoms with E-state index in [-0.39, 0.29) is 11.7 Å². The zero-order valence-corrected chi connectivity index (χ0v) is 14.4. The molecule has 0 atom stereocenters. The molecular formula is C18H22F2N4O2. The van der Waals surface area contributed by atoms with Gasteiger partial charge in [-0.3, -0.25) is 10.1 Å². The van der Waals surface area contributed by atoms with Crippen LogP contribution in [0.5, 0.6) is 5.75 Å². The van der Waals surface area contributed by atoms with Gasteiger partial charge in [0, 0.05) is 18.2 Å². The Kier molecular flexibility index (Phi) is 6.17. The van der Waals surface area contributed by atoms with Crippen LogP contribution in [0.15, 0.2) is 30.5 Å². The molecule has 1 aliphatic rings. The van der Waals surface area contributed by atoms with Gasteiger partial charge in [0.2, 0.25) is 11.9 Å². The van der Waals surface area contributed by atoms with E-state index in [1.54, 1.807) is 18.3 Å². The number of likely N-dealkylation sites (tertiary alicyclic amines) is 1. The quantitative estimate of drug-likeness (QED) is 0.752. The molecule has 0 bridgehead atoms. The molecule has 0 saturated carbocycles. The molecule has 1 amide bonds. The van der Waals surface area contributed by atoms with Crippen molar-refractivity contribution >= 4 is 11.9 Å². The van der Waals surface area contributed by atoms with E-state index in [1.165, 1.54) is 25.0 Å². The Balaban J connectivity index is 1.48. The number of halogens is 2. The number of benzene rings is 1. The van der Waals surface area contributed by atoms with Crippen molar-refractivity contribution in [1.29, 1.82) is 0 Å². The Bertz CT molecular complexity index is 712. The average molecular weight is 364 g/mol. The van der Waals surface area contributed by atoms with E-state index in [0.717, 1.165) is 31.6 Å². The molecule has 26 heavy (non-hydrogen) atoms. The number of ether oxygens (including phenoxy) is 1. The summed E-state index contributed by atoms with van der Waals surface area (Å²) in [5.41, 5.74) is 1.35. The Morgan fingerprint density at radius 3 is 2.69 bits per heavy atom. The molecule has 2 heterocycles. The lowest BCUT2D eigenvalue weighted by molar-refractivity contribution is -0.116. The standard InChI is InChI=1S/C18H22F2N4O2/c19-17(20)26-14-7-5-13(6-8-14)15-12-21-18(22-15)23-16(25)4-3-11-24-9-1-2-10-24/h5-8,12,17H,1-4,9-11H2,(H2,21,22,23,25). The third-order valence-corrected chi connectivity index (χ3v) is 4.29. The summed E-state index contributed by atoms with van der Waals surface area (Å²) in [6, 6.07) is 6.17. The first-order chi connectivity index (χ1) is 12.6. The normalized spacial score (nSPS) is 14.7. The van der Waals surface area contributed by atoms with E-state index in [2.05, 4.69) is 24.9 Å². The van der Waals surface area contributed by atoms with Gasteiger partial charge in [-0.25, -0.2) is 4.98 Å². The number of amides is 1. The highest BCUT2D eigenvalue weighted by Gasteiger charge is 2.12. The molecule has 140 valence electrons. The van der Waals surface area contributed by atoms with Crippen molar-refractivity contribution in [1.82, 2.24) is 14.9 Å². The number of rotatable bonds is 8. The SMILES string of the molecule is O=C(CCCN1CCCC1)Nc1nc(-c2ccc(OC(F)F)cc2)c[nH]1. The largest absolute Gasteiger partial charge is 0.435 e. The molecule has 8 heteroatoms. The predicted molar refractivity (Wildman–Crippen MR) is 94.2 cm³/mol. The molecule has 1 aromatic carbocycles. The van der Waals surface area contributed by atoms with E-state index in [4.69, 9.17) is 0 Å². The smallest absolute Gasteiger partial charge is 0.387 e. The monoisotopic (exact) mass is 364 g/mol. The van der Waals surface area contributed by atoms with Crippen LogP contribution in [0, 0.1) is 0 Å². The van der Waals surface area contributed by atoms with Gasteiger partial charge in [0.25, 0.3) is 0 Å². The van der Waals surface area contributed by atoms with Gasteiger partial charge in [0.1, 0.15) is 5.75 Å². The first-order valence-corrected chi connectivity index (χ1v) is 8.73. The number of carbonyl (C=O) groups excluding carboxylic acids is 1. The first-order valence-electron chi connectivity index (χ1n) is 8.73. The molecule has 3 rings (SSSR count). The summed E-state index contributed by atoms with van der Waals surface area (Å²) in [5.74, 6) is 0.385. The number of nitrogens with zero attached hydrogens (tertiary/aromatic N) is 2. The number of aromatic amines is 1. The number of aromatic nitrogens is 2. The minimum atomic E-state index is -2.85.